The van der Waals surface area contributed by atoms with E-state index in [-0.39, 0.29) is 11.4 Å². The summed E-state index contributed by atoms with van der Waals surface area (Å²) in [4.78, 5) is 22.7. The molecule has 1 aromatic rings. The van der Waals surface area contributed by atoms with E-state index < -0.39 is 0 Å². The number of aromatic nitrogens is 2. The fourth-order valence-electron chi connectivity index (χ4n) is 3.13. The lowest BCUT2D eigenvalue weighted by atomic mass is 9.88. The van der Waals surface area contributed by atoms with Crippen molar-refractivity contribution in [3.63, 3.8) is 0 Å². The summed E-state index contributed by atoms with van der Waals surface area (Å²) in [5.41, 5.74) is 2.36. The van der Waals surface area contributed by atoms with Crippen molar-refractivity contribution in [3.8, 4) is 0 Å². The van der Waals surface area contributed by atoms with E-state index in [9.17, 15) is 4.79 Å². The fraction of sp³-hybridized carbons (Fsp3) is 0.688. The quantitative estimate of drug-likeness (QED) is 0.928. The third kappa shape index (κ3) is 3.21. The van der Waals surface area contributed by atoms with E-state index in [1.807, 2.05) is 6.20 Å². The van der Waals surface area contributed by atoms with Crippen molar-refractivity contribution < 1.29 is 9.53 Å². The first-order valence-electron chi connectivity index (χ1n) is 7.90. The van der Waals surface area contributed by atoms with Crippen LogP contribution in [0, 0.1) is 11.3 Å². The summed E-state index contributed by atoms with van der Waals surface area (Å²) >= 11 is 0. The van der Waals surface area contributed by atoms with E-state index in [4.69, 9.17) is 4.74 Å². The smallest absolute Gasteiger partial charge is 0.323 e. The molecule has 3 rings (SSSR count). The highest BCUT2D eigenvalue weighted by Crippen LogP contribution is 2.27. The Bertz CT molecular complexity index is 571. The fourth-order valence-corrected chi connectivity index (χ4v) is 3.13. The number of anilines is 1. The highest BCUT2D eigenvalue weighted by atomic mass is 16.5. The lowest BCUT2D eigenvalue weighted by molar-refractivity contribution is -0.108. The van der Waals surface area contributed by atoms with Crippen LogP contribution in [-0.2, 0) is 17.6 Å². The van der Waals surface area contributed by atoms with E-state index in [2.05, 4.69) is 29.1 Å². The number of carbonyl (C=O) groups is 1. The van der Waals surface area contributed by atoms with Crippen LogP contribution in [0.3, 0.4) is 0 Å². The Morgan fingerprint density at radius 2 is 2.32 bits per heavy atom. The number of nitrogens with zero attached hydrogens (tertiary/aromatic N) is 3. The molecule has 0 saturated carbocycles. The molecule has 120 valence electrons. The maximum Gasteiger partial charge on any atom is 0.323 e. The van der Waals surface area contributed by atoms with Gasteiger partial charge in [0.05, 0.1) is 13.2 Å². The normalized spacial score (nSPS) is 22.4. The summed E-state index contributed by atoms with van der Waals surface area (Å²) in [6.45, 7) is 6.45. The van der Waals surface area contributed by atoms with Gasteiger partial charge in [-0.05, 0) is 30.7 Å². The Kier molecular flexibility index (Phi) is 4.04. The molecule has 1 fully saturated rings. The molecule has 1 aliphatic heterocycles. The van der Waals surface area contributed by atoms with Crippen molar-refractivity contribution >= 4 is 12.0 Å². The average Bonchev–Trinajstić information content (AvgIpc) is 2.45. The highest BCUT2D eigenvalue weighted by molar-refractivity contribution is 5.87. The second kappa shape index (κ2) is 5.83. The molecule has 0 bridgehead atoms. The van der Waals surface area contributed by atoms with Crippen LogP contribution < -0.4 is 5.32 Å². The van der Waals surface area contributed by atoms with E-state index in [0.29, 0.717) is 31.6 Å². The summed E-state index contributed by atoms with van der Waals surface area (Å²) in [5.74, 6) is 1.09. The second-order valence-electron chi connectivity index (χ2n) is 7.10. The topological polar surface area (TPSA) is 67.4 Å². The van der Waals surface area contributed by atoms with Crippen molar-refractivity contribution in [2.75, 3.05) is 32.1 Å². The van der Waals surface area contributed by atoms with E-state index >= 15 is 0 Å². The summed E-state index contributed by atoms with van der Waals surface area (Å²) in [6, 6.07) is -0.169. The Morgan fingerprint density at radius 1 is 1.55 bits per heavy atom. The first-order chi connectivity index (χ1) is 10.5. The zero-order valence-electron chi connectivity index (χ0n) is 13.6. The number of fused-ring (bicyclic) bond motifs is 1. The van der Waals surface area contributed by atoms with Crippen LogP contribution in [-0.4, -0.2) is 47.7 Å². The van der Waals surface area contributed by atoms with E-state index in [1.54, 1.807) is 11.9 Å². The van der Waals surface area contributed by atoms with Crippen LogP contribution in [0.5, 0.6) is 0 Å². The van der Waals surface area contributed by atoms with E-state index in [1.165, 1.54) is 5.56 Å². The lowest BCUT2D eigenvalue weighted by Crippen LogP contribution is -2.50. The Labute approximate surface area is 131 Å². The molecular formula is C16H24N4O2. The van der Waals surface area contributed by atoms with Gasteiger partial charge in [0.15, 0.2) is 0 Å². The molecule has 1 unspecified atom stereocenters. The second-order valence-corrected chi connectivity index (χ2v) is 7.10. The molecule has 1 aromatic heterocycles. The van der Waals surface area contributed by atoms with Crippen molar-refractivity contribution in [2.45, 2.75) is 33.1 Å². The maximum atomic E-state index is 12.2. The van der Waals surface area contributed by atoms with Gasteiger partial charge in [0.1, 0.15) is 0 Å². The molecule has 0 spiro atoms. The van der Waals surface area contributed by atoms with Gasteiger partial charge >= 0.3 is 6.03 Å². The van der Waals surface area contributed by atoms with Crippen LogP contribution in [0.2, 0.25) is 0 Å². The van der Waals surface area contributed by atoms with Crippen molar-refractivity contribution in [2.24, 2.45) is 11.3 Å². The third-order valence-corrected chi connectivity index (χ3v) is 4.48. The van der Waals surface area contributed by atoms with Gasteiger partial charge in [-0.2, -0.15) is 0 Å². The highest BCUT2D eigenvalue weighted by Gasteiger charge is 2.35. The molecular weight excluding hydrogens is 280 g/mol. The van der Waals surface area contributed by atoms with Crippen LogP contribution in [0.15, 0.2) is 6.20 Å². The molecule has 2 heterocycles. The largest absolute Gasteiger partial charge is 0.380 e. The summed E-state index contributed by atoms with van der Waals surface area (Å²) in [6.07, 6.45) is 5.00. The maximum absolute atomic E-state index is 12.2. The SMILES string of the molecule is CC1CCc2nc(NC(=O)N(C)CC3(C)COC3)ncc2C1. The molecule has 0 aromatic carbocycles. The predicted molar refractivity (Wildman–Crippen MR) is 83.8 cm³/mol. The van der Waals surface area contributed by atoms with Crippen molar-refractivity contribution in [1.82, 2.24) is 14.9 Å². The van der Waals surface area contributed by atoms with Gasteiger partial charge in [-0.25, -0.2) is 14.8 Å². The van der Waals surface area contributed by atoms with Crippen LogP contribution in [0.25, 0.3) is 0 Å². The average molecular weight is 304 g/mol. The molecule has 6 nitrogen and oxygen atoms in total. The van der Waals surface area contributed by atoms with Gasteiger partial charge in [0.25, 0.3) is 0 Å². The van der Waals surface area contributed by atoms with Crippen molar-refractivity contribution in [1.29, 1.82) is 0 Å². The minimum absolute atomic E-state index is 0.0684. The monoisotopic (exact) mass is 304 g/mol. The van der Waals surface area contributed by atoms with Crippen molar-refractivity contribution in [3.05, 3.63) is 17.5 Å². The van der Waals surface area contributed by atoms with Gasteiger partial charge in [0, 0.05) is 30.9 Å². The number of carbonyl (C=O) groups excluding carboxylic acids is 1. The zero-order valence-corrected chi connectivity index (χ0v) is 13.6. The number of aryl methyl sites for hydroxylation is 1. The summed E-state index contributed by atoms with van der Waals surface area (Å²) in [7, 11) is 1.79. The van der Waals surface area contributed by atoms with Crippen LogP contribution in [0.4, 0.5) is 10.7 Å². The van der Waals surface area contributed by atoms with E-state index in [0.717, 1.165) is 25.0 Å². The lowest BCUT2D eigenvalue weighted by Gasteiger charge is -2.40. The molecule has 1 atom stereocenters. The Hall–Kier alpha value is -1.69. The molecule has 2 amide bonds. The molecule has 1 N–H and O–H groups in total. The number of ether oxygens (including phenoxy) is 1. The van der Waals surface area contributed by atoms with Crippen LogP contribution in [0.1, 0.15) is 31.5 Å². The summed E-state index contributed by atoms with van der Waals surface area (Å²) in [5, 5.41) is 2.80. The first kappa shape index (κ1) is 15.2. The van der Waals surface area contributed by atoms with Gasteiger partial charge in [-0.3, -0.25) is 5.32 Å². The first-order valence-corrected chi connectivity index (χ1v) is 7.90. The number of hydrogen-bond acceptors (Lipinski definition) is 4. The van der Waals surface area contributed by atoms with Gasteiger partial charge in [-0.15, -0.1) is 0 Å². The molecule has 0 radical (unpaired) electrons. The molecule has 1 aliphatic carbocycles. The Morgan fingerprint density at radius 3 is 3.00 bits per heavy atom. The molecule has 22 heavy (non-hydrogen) atoms. The van der Waals surface area contributed by atoms with Gasteiger partial charge in [0.2, 0.25) is 5.95 Å². The molecule has 2 aliphatic rings. The number of urea groups is 1. The standard InChI is InChI=1S/C16H24N4O2/c1-11-4-5-13-12(6-11)7-17-14(18-13)19-15(21)20(3)8-16(2)9-22-10-16/h7,11H,4-6,8-10H2,1-3H3,(H,17,18,19,21). The van der Waals surface area contributed by atoms with Crippen LogP contribution >= 0.6 is 0 Å². The number of hydrogen-bond donors (Lipinski definition) is 1. The molecule has 6 heteroatoms. The zero-order chi connectivity index (χ0) is 15.7. The number of rotatable bonds is 3. The Balaban J connectivity index is 1.61. The minimum atomic E-state index is -0.169. The third-order valence-electron chi connectivity index (χ3n) is 4.48. The van der Waals surface area contributed by atoms with Gasteiger partial charge in [-0.1, -0.05) is 13.8 Å². The number of nitrogens with one attached hydrogen (secondary N) is 1. The summed E-state index contributed by atoms with van der Waals surface area (Å²) < 4.78 is 5.22. The minimum Gasteiger partial charge on any atom is -0.380 e. The predicted octanol–water partition coefficient (Wildman–Crippen LogP) is 2.10. The van der Waals surface area contributed by atoms with Gasteiger partial charge < -0.3 is 9.64 Å². The number of amides is 2. The molecule has 1 saturated heterocycles.